The number of halogens is 1. The van der Waals surface area contributed by atoms with Gasteiger partial charge in [0.15, 0.2) is 5.96 Å². The summed E-state index contributed by atoms with van der Waals surface area (Å²) in [4.78, 5) is 6.47. The lowest BCUT2D eigenvalue weighted by atomic mass is 10.1. The van der Waals surface area contributed by atoms with Crippen LogP contribution in [0.2, 0.25) is 0 Å². The maximum Gasteiger partial charge on any atom is 0.191 e. The van der Waals surface area contributed by atoms with Crippen molar-refractivity contribution in [2.45, 2.75) is 27.2 Å². The summed E-state index contributed by atoms with van der Waals surface area (Å²) in [7, 11) is 0. The summed E-state index contributed by atoms with van der Waals surface area (Å²) in [5.74, 6) is 1.55. The lowest BCUT2D eigenvalue weighted by Gasteiger charge is -2.19. The van der Waals surface area contributed by atoms with E-state index in [0.29, 0.717) is 19.1 Å². The first-order valence-electron chi connectivity index (χ1n) is 6.97. The summed E-state index contributed by atoms with van der Waals surface area (Å²) in [6.45, 7) is 9.34. The van der Waals surface area contributed by atoms with Crippen molar-refractivity contribution in [1.29, 1.82) is 0 Å². The molecule has 0 aliphatic rings. The average Bonchev–Trinajstić information content (AvgIpc) is 2.41. The fourth-order valence-electron chi connectivity index (χ4n) is 1.90. The van der Waals surface area contributed by atoms with Gasteiger partial charge in [-0.15, -0.1) is 24.0 Å². The van der Waals surface area contributed by atoms with Gasteiger partial charge in [-0.05, 0) is 44.9 Å². The zero-order valence-corrected chi connectivity index (χ0v) is 15.0. The molecule has 0 atom stereocenters. The minimum atomic E-state index is 0. The number of ether oxygens (including phenoxy) is 1. The Balaban J connectivity index is 0.00000361. The second-order valence-corrected chi connectivity index (χ2v) is 4.24. The molecule has 1 aromatic rings. The maximum absolute atomic E-state index is 5.93. The van der Waals surface area contributed by atoms with Crippen LogP contribution in [-0.2, 0) is 6.42 Å². The zero-order valence-electron chi connectivity index (χ0n) is 12.6. The standard InChI is InChI=1S/C15H25N3O.HI/c1-4-18(5-2)15(16)17-11-10-13-8-7-9-14(12-13)19-6-3;/h7-9,12H,4-6,10-11H2,1-3H3,(H2,16,17);1H. The molecule has 0 aromatic heterocycles. The Kier molecular flexibility index (Phi) is 10.2. The number of hydrogen-bond acceptors (Lipinski definition) is 2. The highest BCUT2D eigenvalue weighted by Gasteiger charge is 2.01. The van der Waals surface area contributed by atoms with Crippen molar-refractivity contribution >= 4 is 29.9 Å². The smallest absolute Gasteiger partial charge is 0.191 e. The van der Waals surface area contributed by atoms with Crippen LogP contribution < -0.4 is 10.5 Å². The Hall–Kier alpha value is -0.980. The zero-order chi connectivity index (χ0) is 14.1. The van der Waals surface area contributed by atoms with Gasteiger partial charge >= 0.3 is 0 Å². The van der Waals surface area contributed by atoms with E-state index in [-0.39, 0.29) is 24.0 Å². The van der Waals surface area contributed by atoms with Crippen LogP contribution in [0.3, 0.4) is 0 Å². The quantitative estimate of drug-likeness (QED) is 0.442. The molecule has 0 saturated heterocycles. The normalized spacial score (nSPS) is 10.8. The SMILES string of the molecule is CCOc1cccc(CCN=C(N)N(CC)CC)c1.I. The van der Waals surface area contributed by atoms with Gasteiger partial charge in [0.05, 0.1) is 6.61 Å². The summed E-state index contributed by atoms with van der Waals surface area (Å²) in [5, 5.41) is 0. The van der Waals surface area contributed by atoms with Crippen LogP contribution in [0.15, 0.2) is 29.3 Å². The monoisotopic (exact) mass is 391 g/mol. The molecule has 0 bridgehead atoms. The molecule has 114 valence electrons. The van der Waals surface area contributed by atoms with Gasteiger partial charge in [-0.25, -0.2) is 0 Å². The van der Waals surface area contributed by atoms with E-state index in [1.807, 2.05) is 19.1 Å². The average molecular weight is 391 g/mol. The molecule has 1 aromatic carbocycles. The number of nitrogens with two attached hydrogens (primary N) is 1. The molecule has 1 rings (SSSR count). The second-order valence-electron chi connectivity index (χ2n) is 4.24. The number of rotatable bonds is 7. The summed E-state index contributed by atoms with van der Waals surface area (Å²) in [5.41, 5.74) is 7.16. The number of hydrogen-bond donors (Lipinski definition) is 1. The topological polar surface area (TPSA) is 50.9 Å². The first-order valence-corrected chi connectivity index (χ1v) is 6.97. The molecule has 0 amide bonds. The van der Waals surface area contributed by atoms with E-state index in [2.05, 4.69) is 35.9 Å². The summed E-state index contributed by atoms with van der Waals surface area (Å²) in [6.07, 6.45) is 0.878. The van der Waals surface area contributed by atoms with E-state index in [9.17, 15) is 0 Å². The van der Waals surface area contributed by atoms with Crippen LogP contribution in [-0.4, -0.2) is 37.1 Å². The molecule has 0 radical (unpaired) electrons. The third-order valence-corrected chi connectivity index (χ3v) is 2.97. The van der Waals surface area contributed by atoms with E-state index >= 15 is 0 Å². The van der Waals surface area contributed by atoms with Crippen molar-refractivity contribution in [2.75, 3.05) is 26.2 Å². The van der Waals surface area contributed by atoms with Crippen molar-refractivity contribution in [3.63, 3.8) is 0 Å². The predicted octanol–water partition coefficient (Wildman–Crippen LogP) is 2.90. The van der Waals surface area contributed by atoms with E-state index in [1.54, 1.807) is 0 Å². The summed E-state index contributed by atoms with van der Waals surface area (Å²) in [6, 6.07) is 8.14. The molecule has 0 unspecified atom stereocenters. The van der Waals surface area contributed by atoms with E-state index in [0.717, 1.165) is 25.3 Å². The van der Waals surface area contributed by atoms with Crippen LogP contribution >= 0.6 is 24.0 Å². The summed E-state index contributed by atoms with van der Waals surface area (Å²) < 4.78 is 5.48. The van der Waals surface area contributed by atoms with E-state index in [4.69, 9.17) is 10.5 Å². The predicted molar refractivity (Wildman–Crippen MR) is 96.1 cm³/mol. The number of benzene rings is 1. The molecule has 5 heteroatoms. The third kappa shape index (κ3) is 6.45. The minimum absolute atomic E-state index is 0. The molecule has 0 saturated carbocycles. The molecular weight excluding hydrogens is 365 g/mol. The molecule has 0 heterocycles. The Morgan fingerprint density at radius 2 is 1.95 bits per heavy atom. The fraction of sp³-hybridized carbons (Fsp3) is 0.533. The van der Waals surface area contributed by atoms with Crippen molar-refractivity contribution in [2.24, 2.45) is 10.7 Å². The maximum atomic E-state index is 5.93. The van der Waals surface area contributed by atoms with Crippen molar-refractivity contribution in [3.05, 3.63) is 29.8 Å². The molecule has 0 aliphatic carbocycles. The van der Waals surface area contributed by atoms with Gasteiger partial charge in [0.25, 0.3) is 0 Å². The van der Waals surface area contributed by atoms with Gasteiger partial charge in [-0.2, -0.15) is 0 Å². The van der Waals surface area contributed by atoms with Gasteiger partial charge in [-0.3, -0.25) is 4.99 Å². The third-order valence-electron chi connectivity index (χ3n) is 2.97. The van der Waals surface area contributed by atoms with Gasteiger partial charge in [0.2, 0.25) is 0 Å². The fourth-order valence-corrected chi connectivity index (χ4v) is 1.90. The van der Waals surface area contributed by atoms with Gasteiger partial charge in [-0.1, -0.05) is 12.1 Å². The molecule has 20 heavy (non-hydrogen) atoms. The lowest BCUT2D eigenvalue weighted by molar-refractivity contribution is 0.340. The number of guanidine groups is 1. The first-order chi connectivity index (χ1) is 9.21. The largest absolute Gasteiger partial charge is 0.494 e. The Bertz CT molecular complexity index is 406. The van der Waals surface area contributed by atoms with Crippen molar-refractivity contribution < 1.29 is 4.74 Å². The Morgan fingerprint density at radius 3 is 2.55 bits per heavy atom. The van der Waals surface area contributed by atoms with Crippen LogP contribution in [0.25, 0.3) is 0 Å². The van der Waals surface area contributed by atoms with Gasteiger partial charge < -0.3 is 15.4 Å². The van der Waals surface area contributed by atoms with Crippen molar-refractivity contribution in [3.8, 4) is 5.75 Å². The lowest BCUT2D eigenvalue weighted by Crippen LogP contribution is -2.37. The second kappa shape index (κ2) is 10.8. The van der Waals surface area contributed by atoms with Crippen LogP contribution in [0.4, 0.5) is 0 Å². The Labute approximate surface area is 139 Å². The molecule has 2 N–H and O–H groups in total. The molecule has 0 spiro atoms. The Morgan fingerprint density at radius 1 is 1.25 bits per heavy atom. The molecule has 0 aliphatic heterocycles. The van der Waals surface area contributed by atoms with Crippen LogP contribution in [0, 0.1) is 0 Å². The van der Waals surface area contributed by atoms with Crippen LogP contribution in [0.1, 0.15) is 26.3 Å². The highest BCUT2D eigenvalue weighted by molar-refractivity contribution is 14.0. The van der Waals surface area contributed by atoms with Gasteiger partial charge in [0, 0.05) is 19.6 Å². The molecular formula is C15H26IN3O. The van der Waals surface area contributed by atoms with Gasteiger partial charge in [0.1, 0.15) is 5.75 Å². The highest BCUT2D eigenvalue weighted by atomic mass is 127. The van der Waals surface area contributed by atoms with Crippen LogP contribution in [0.5, 0.6) is 5.75 Å². The minimum Gasteiger partial charge on any atom is -0.494 e. The summed E-state index contributed by atoms with van der Waals surface area (Å²) >= 11 is 0. The highest BCUT2D eigenvalue weighted by Crippen LogP contribution is 2.13. The molecule has 4 nitrogen and oxygen atoms in total. The number of aliphatic imine (C=N–C) groups is 1. The molecule has 0 fully saturated rings. The van der Waals surface area contributed by atoms with E-state index in [1.165, 1.54) is 5.56 Å². The first kappa shape index (κ1) is 19.0. The van der Waals surface area contributed by atoms with Crippen molar-refractivity contribution in [1.82, 2.24) is 4.90 Å². The number of nitrogens with zero attached hydrogens (tertiary/aromatic N) is 2. The van der Waals surface area contributed by atoms with E-state index < -0.39 is 0 Å².